The first-order chi connectivity index (χ1) is 10.7. The van der Waals surface area contributed by atoms with Gasteiger partial charge >= 0.3 is 5.97 Å². The summed E-state index contributed by atoms with van der Waals surface area (Å²) in [4.78, 5) is 18.3. The van der Waals surface area contributed by atoms with Crippen molar-refractivity contribution >= 4 is 11.6 Å². The Bertz CT molecular complexity index is 668. The minimum atomic E-state index is -0.227. The maximum absolute atomic E-state index is 11.4. The van der Waals surface area contributed by atoms with Gasteiger partial charge in [-0.1, -0.05) is 6.07 Å². The lowest BCUT2D eigenvalue weighted by Gasteiger charge is -2.31. The van der Waals surface area contributed by atoms with Gasteiger partial charge in [0.05, 0.1) is 31.9 Å². The molecule has 0 N–H and O–H groups in total. The van der Waals surface area contributed by atoms with E-state index in [0.29, 0.717) is 13.0 Å². The first-order valence-corrected chi connectivity index (χ1v) is 7.50. The zero-order valence-electron chi connectivity index (χ0n) is 13.0. The summed E-state index contributed by atoms with van der Waals surface area (Å²) >= 11 is 0. The topological polar surface area (TPSA) is 56.1 Å². The molecule has 22 heavy (non-hydrogen) atoms. The Labute approximate surface area is 129 Å². The standard InChI is InChI=1S/C16H21N3O3/c1-12-4-3-5-15-17-13(10-19(12)15)9-18-6-7-22-14(11-18)8-16(20)21-2/h3-5,10,14H,6-9,11H2,1-2H3/t14-/m1/s1. The van der Waals surface area contributed by atoms with Crippen LogP contribution in [0, 0.1) is 6.92 Å². The Kier molecular flexibility index (Phi) is 4.40. The van der Waals surface area contributed by atoms with E-state index in [2.05, 4.69) is 33.5 Å². The smallest absolute Gasteiger partial charge is 0.308 e. The SMILES string of the molecule is COC(=O)C[C@@H]1CN(Cc2cn3c(C)cccc3n2)CCO1. The van der Waals surface area contributed by atoms with Gasteiger partial charge in [-0.25, -0.2) is 4.98 Å². The van der Waals surface area contributed by atoms with Crippen LogP contribution in [-0.4, -0.2) is 53.2 Å². The Hall–Kier alpha value is -1.92. The van der Waals surface area contributed by atoms with Crippen LogP contribution in [0.2, 0.25) is 0 Å². The molecule has 3 rings (SSSR count). The van der Waals surface area contributed by atoms with Crippen LogP contribution in [0.4, 0.5) is 0 Å². The van der Waals surface area contributed by atoms with Crippen LogP contribution in [0.3, 0.4) is 0 Å². The highest BCUT2D eigenvalue weighted by atomic mass is 16.5. The third-order valence-electron chi connectivity index (χ3n) is 3.98. The summed E-state index contributed by atoms with van der Waals surface area (Å²) in [7, 11) is 1.40. The highest BCUT2D eigenvalue weighted by Crippen LogP contribution is 2.14. The molecular weight excluding hydrogens is 282 g/mol. The molecular formula is C16H21N3O3. The molecule has 0 unspecified atom stereocenters. The Morgan fingerprint density at radius 1 is 1.50 bits per heavy atom. The Balaban J connectivity index is 1.66. The summed E-state index contributed by atoms with van der Waals surface area (Å²) in [6.45, 7) is 5.04. The van der Waals surface area contributed by atoms with Crippen molar-refractivity contribution in [1.82, 2.24) is 14.3 Å². The third-order valence-corrected chi connectivity index (χ3v) is 3.98. The number of fused-ring (bicyclic) bond motifs is 1. The van der Waals surface area contributed by atoms with Crippen molar-refractivity contribution in [3.63, 3.8) is 0 Å². The van der Waals surface area contributed by atoms with E-state index in [4.69, 9.17) is 9.47 Å². The fourth-order valence-electron chi connectivity index (χ4n) is 2.82. The van der Waals surface area contributed by atoms with Gasteiger partial charge in [-0.05, 0) is 19.1 Å². The van der Waals surface area contributed by atoms with Crippen molar-refractivity contribution < 1.29 is 14.3 Å². The van der Waals surface area contributed by atoms with Gasteiger partial charge in [-0.3, -0.25) is 9.69 Å². The zero-order chi connectivity index (χ0) is 15.5. The molecule has 6 nitrogen and oxygen atoms in total. The minimum Gasteiger partial charge on any atom is -0.469 e. The van der Waals surface area contributed by atoms with E-state index in [9.17, 15) is 4.79 Å². The number of imidazole rings is 1. The van der Waals surface area contributed by atoms with Crippen molar-refractivity contribution in [2.24, 2.45) is 0 Å². The summed E-state index contributed by atoms with van der Waals surface area (Å²) in [5.74, 6) is -0.227. The second-order valence-electron chi connectivity index (χ2n) is 5.64. The lowest BCUT2D eigenvalue weighted by atomic mass is 10.2. The lowest BCUT2D eigenvalue weighted by molar-refractivity contribution is -0.145. The number of hydrogen-bond acceptors (Lipinski definition) is 5. The second kappa shape index (κ2) is 6.46. The third kappa shape index (κ3) is 3.28. The average Bonchev–Trinajstić information content (AvgIpc) is 2.91. The quantitative estimate of drug-likeness (QED) is 0.799. The molecule has 0 spiro atoms. The van der Waals surface area contributed by atoms with E-state index in [-0.39, 0.29) is 12.1 Å². The van der Waals surface area contributed by atoms with E-state index in [1.54, 1.807) is 0 Å². The Morgan fingerprint density at radius 3 is 3.14 bits per heavy atom. The number of aryl methyl sites for hydroxylation is 1. The molecule has 3 heterocycles. The predicted octanol–water partition coefficient (Wildman–Crippen LogP) is 1.41. The van der Waals surface area contributed by atoms with Crippen molar-refractivity contribution in [3.05, 3.63) is 35.8 Å². The number of ether oxygens (including phenoxy) is 2. The maximum Gasteiger partial charge on any atom is 0.308 e. The van der Waals surface area contributed by atoms with Crippen LogP contribution < -0.4 is 0 Å². The number of morpholine rings is 1. The monoisotopic (exact) mass is 303 g/mol. The molecule has 2 aromatic rings. The van der Waals surface area contributed by atoms with Gasteiger partial charge in [0, 0.05) is 31.5 Å². The van der Waals surface area contributed by atoms with E-state index < -0.39 is 0 Å². The summed E-state index contributed by atoms with van der Waals surface area (Å²) in [5, 5.41) is 0. The van der Waals surface area contributed by atoms with Crippen LogP contribution in [0.15, 0.2) is 24.4 Å². The molecule has 0 bridgehead atoms. The van der Waals surface area contributed by atoms with Crippen LogP contribution in [0.1, 0.15) is 17.8 Å². The highest BCUT2D eigenvalue weighted by molar-refractivity contribution is 5.69. The van der Waals surface area contributed by atoms with Gasteiger partial charge in [0.25, 0.3) is 0 Å². The summed E-state index contributed by atoms with van der Waals surface area (Å²) < 4.78 is 12.4. The van der Waals surface area contributed by atoms with Crippen LogP contribution >= 0.6 is 0 Å². The number of methoxy groups -OCH3 is 1. The molecule has 1 saturated heterocycles. The molecule has 0 radical (unpaired) electrons. The number of rotatable bonds is 4. The Morgan fingerprint density at radius 2 is 2.36 bits per heavy atom. The molecule has 0 aromatic carbocycles. The van der Waals surface area contributed by atoms with Gasteiger partial charge in [-0.15, -0.1) is 0 Å². The van der Waals surface area contributed by atoms with Crippen molar-refractivity contribution in [3.8, 4) is 0 Å². The van der Waals surface area contributed by atoms with Crippen LogP contribution in [0.5, 0.6) is 0 Å². The number of hydrogen-bond donors (Lipinski definition) is 0. The number of esters is 1. The molecule has 0 saturated carbocycles. The summed E-state index contributed by atoms with van der Waals surface area (Å²) in [6, 6.07) is 6.10. The molecule has 1 fully saturated rings. The van der Waals surface area contributed by atoms with E-state index in [1.807, 2.05) is 12.1 Å². The molecule has 1 aliphatic heterocycles. The number of aromatic nitrogens is 2. The van der Waals surface area contributed by atoms with Crippen molar-refractivity contribution in [1.29, 1.82) is 0 Å². The van der Waals surface area contributed by atoms with Crippen LogP contribution in [0.25, 0.3) is 5.65 Å². The number of nitrogens with zero attached hydrogens (tertiary/aromatic N) is 3. The maximum atomic E-state index is 11.4. The average molecular weight is 303 g/mol. The van der Waals surface area contributed by atoms with E-state index >= 15 is 0 Å². The summed E-state index contributed by atoms with van der Waals surface area (Å²) in [5.41, 5.74) is 3.17. The first kappa shape index (κ1) is 15.0. The fourth-order valence-corrected chi connectivity index (χ4v) is 2.82. The predicted molar refractivity (Wildman–Crippen MR) is 81.6 cm³/mol. The molecule has 2 aromatic heterocycles. The van der Waals surface area contributed by atoms with Crippen molar-refractivity contribution in [2.45, 2.75) is 26.0 Å². The van der Waals surface area contributed by atoms with Crippen LogP contribution in [-0.2, 0) is 20.8 Å². The van der Waals surface area contributed by atoms with Crippen molar-refractivity contribution in [2.75, 3.05) is 26.8 Å². The van der Waals surface area contributed by atoms with Gasteiger partial charge in [0.15, 0.2) is 0 Å². The second-order valence-corrected chi connectivity index (χ2v) is 5.64. The molecule has 1 aliphatic rings. The lowest BCUT2D eigenvalue weighted by Crippen LogP contribution is -2.42. The van der Waals surface area contributed by atoms with Gasteiger partial charge in [0.1, 0.15) is 5.65 Å². The largest absolute Gasteiger partial charge is 0.469 e. The molecule has 118 valence electrons. The minimum absolute atomic E-state index is 0.0973. The highest BCUT2D eigenvalue weighted by Gasteiger charge is 2.23. The molecule has 6 heteroatoms. The number of carbonyl (C=O) groups is 1. The van der Waals surface area contributed by atoms with Gasteiger partial charge < -0.3 is 13.9 Å². The van der Waals surface area contributed by atoms with E-state index in [1.165, 1.54) is 12.8 Å². The van der Waals surface area contributed by atoms with Gasteiger partial charge in [-0.2, -0.15) is 0 Å². The summed E-state index contributed by atoms with van der Waals surface area (Å²) in [6.07, 6.45) is 2.28. The normalized spacial score (nSPS) is 19.5. The van der Waals surface area contributed by atoms with E-state index in [0.717, 1.165) is 31.0 Å². The fraction of sp³-hybridized carbons (Fsp3) is 0.500. The zero-order valence-corrected chi connectivity index (χ0v) is 13.0. The first-order valence-electron chi connectivity index (χ1n) is 7.50. The molecule has 1 atom stereocenters. The van der Waals surface area contributed by atoms with Gasteiger partial charge in [0.2, 0.25) is 0 Å². The molecule has 0 aliphatic carbocycles. The number of pyridine rings is 1. The number of carbonyl (C=O) groups excluding carboxylic acids is 1. The molecule has 0 amide bonds.